The summed E-state index contributed by atoms with van der Waals surface area (Å²) in [5, 5.41) is 74.7. The number of allylic oxidation sites excluding steroid dienone is 2. The van der Waals surface area contributed by atoms with E-state index in [-0.39, 0.29) is 6.42 Å². The highest BCUT2D eigenvalue weighted by Gasteiger charge is 2.44. The second kappa shape index (κ2) is 39.4. The SMILES string of the molecule is CCCCCCCCCCCCCC/C=C\CCCCCCCCCCCCCCCCC(O)C(=O)NC(COC1OC(CO)C(O)C(O)C1O)C(O)C(O)CCCCC. The van der Waals surface area contributed by atoms with Gasteiger partial charge in [0.2, 0.25) is 5.91 Å². The molecule has 9 atom stereocenters. The molecule has 1 amide bonds. The number of aliphatic hydroxyl groups excluding tert-OH is 7. The van der Waals surface area contributed by atoms with E-state index in [2.05, 4.69) is 24.4 Å². The molecule has 1 fully saturated rings. The number of amides is 1. The molecule has 0 radical (unpaired) electrons. The average molecular weight is 858 g/mol. The minimum Gasteiger partial charge on any atom is -0.394 e. The molecule has 0 bridgehead atoms. The zero-order chi connectivity index (χ0) is 44.1. The zero-order valence-electron chi connectivity index (χ0n) is 38.5. The number of carbonyl (C=O) groups is 1. The lowest BCUT2D eigenvalue weighted by Crippen LogP contribution is -2.60. The smallest absolute Gasteiger partial charge is 0.249 e. The summed E-state index contributed by atoms with van der Waals surface area (Å²) in [7, 11) is 0. The number of ether oxygens (including phenoxy) is 2. The summed E-state index contributed by atoms with van der Waals surface area (Å²) >= 11 is 0. The number of unbranched alkanes of at least 4 members (excludes halogenated alkanes) is 28. The second-order valence-corrected chi connectivity index (χ2v) is 17.9. The molecule has 0 saturated carbocycles. The molecule has 1 aliphatic heterocycles. The molecule has 0 aromatic heterocycles. The van der Waals surface area contributed by atoms with Gasteiger partial charge in [0.05, 0.1) is 25.4 Å². The van der Waals surface area contributed by atoms with E-state index in [1.807, 2.05) is 6.92 Å². The Morgan fingerprint density at radius 1 is 0.567 bits per heavy atom. The Bertz CT molecular complexity index is 986. The van der Waals surface area contributed by atoms with Crippen molar-refractivity contribution in [2.24, 2.45) is 0 Å². The summed E-state index contributed by atoms with van der Waals surface area (Å²) in [5.74, 6) is -0.704. The van der Waals surface area contributed by atoms with Crippen LogP contribution in [0.15, 0.2) is 12.2 Å². The van der Waals surface area contributed by atoms with Crippen molar-refractivity contribution >= 4 is 5.91 Å². The van der Waals surface area contributed by atoms with Crippen molar-refractivity contribution in [1.82, 2.24) is 5.32 Å². The van der Waals surface area contributed by atoms with Crippen molar-refractivity contribution < 1.29 is 50.0 Å². The van der Waals surface area contributed by atoms with E-state index in [1.165, 1.54) is 154 Å². The predicted molar refractivity (Wildman–Crippen MR) is 243 cm³/mol. The topological polar surface area (TPSA) is 189 Å². The normalized spacial score (nSPS) is 21.6. The van der Waals surface area contributed by atoms with Gasteiger partial charge >= 0.3 is 0 Å². The van der Waals surface area contributed by atoms with Gasteiger partial charge in [0, 0.05) is 0 Å². The molecule has 1 saturated heterocycles. The maximum absolute atomic E-state index is 12.9. The van der Waals surface area contributed by atoms with Gasteiger partial charge in [0.15, 0.2) is 6.29 Å². The van der Waals surface area contributed by atoms with Crippen molar-refractivity contribution in [2.45, 2.75) is 281 Å². The summed E-state index contributed by atoms with van der Waals surface area (Å²) in [6.45, 7) is 3.25. The van der Waals surface area contributed by atoms with Crippen LogP contribution in [0.4, 0.5) is 0 Å². The highest BCUT2D eigenvalue weighted by Crippen LogP contribution is 2.23. The van der Waals surface area contributed by atoms with Crippen molar-refractivity contribution in [3.05, 3.63) is 12.2 Å². The van der Waals surface area contributed by atoms with Gasteiger partial charge in [-0.1, -0.05) is 199 Å². The summed E-state index contributed by atoms with van der Waals surface area (Å²) in [4.78, 5) is 12.9. The van der Waals surface area contributed by atoms with Crippen LogP contribution in [0.3, 0.4) is 0 Å². The quantitative estimate of drug-likeness (QED) is 0.0218. The molecule has 356 valence electrons. The molecule has 8 N–H and O–H groups in total. The number of hydrogen-bond acceptors (Lipinski definition) is 10. The molecule has 60 heavy (non-hydrogen) atoms. The van der Waals surface area contributed by atoms with Crippen LogP contribution in [0.2, 0.25) is 0 Å². The molecule has 1 rings (SSSR count). The van der Waals surface area contributed by atoms with Crippen molar-refractivity contribution in [1.29, 1.82) is 0 Å². The molecule has 11 nitrogen and oxygen atoms in total. The minimum atomic E-state index is -1.65. The molecular weight excluding hydrogens is 763 g/mol. The van der Waals surface area contributed by atoms with E-state index < -0.39 is 74.2 Å². The maximum Gasteiger partial charge on any atom is 0.249 e. The monoisotopic (exact) mass is 858 g/mol. The molecule has 0 aromatic rings. The Morgan fingerprint density at radius 2 is 0.967 bits per heavy atom. The third-order valence-corrected chi connectivity index (χ3v) is 12.3. The Balaban J connectivity index is 2.08. The average Bonchev–Trinajstić information content (AvgIpc) is 3.25. The molecule has 1 heterocycles. The number of hydrogen-bond donors (Lipinski definition) is 8. The largest absolute Gasteiger partial charge is 0.394 e. The first-order valence-corrected chi connectivity index (χ1v) is 25.1. The Labute approximate surface area is 366 Å². The molecule has 1 aliphatic rings. The minimum absolute atomic E-state index is 0.261. The summed E-state index contributed by atoms with van der Waals surface area (Å²) in [6.07, 6.45) is 32.7. The lowest BCUT2D eigenvalue weighted by Gasteiger charge is -2.40. The fraction of sp³-hybridized carbons (Fsp3) is 0.939. The van der Waals surface area contributed by atoms with Crippen LogP contribution < -0.4 is 5.32 Å². The van der Waals surface area contributed by atoms with E-state index in [0.29, 0.717) is 19.3 Å². The Morgan fingerprint density at radius 3 is 1.42 bits per heavy atom. The molecule has 0 aromatic carbocycles. The van der Waals surface area contributed by atoms with Gasteiger partial charge in [-0.3, -0.25) is 4.79 Å². The van der Waals surface area contributed by atoms with Gasteiger partial charge in [0.25, 0.3) is 0 Å². The van der Waals surface area contributed by atoms with Gasteiger partial charge in [-0.2, -0.15) is 0 Å². The van der Waals surface area contributed by atoms with Crippen LogP contribution in [0.5, 0.6) is 0 Å². The van der Waals surface area contributed by atoms with Gasteiger partial charge in [-0.25, -0.2) is 0 Å². The number of carbonyl (C=O) groups excluding carboxylic acids is 1. The predicted octanol–water partition coefficient (Wildman–Crippen LogP) is 8.84. The highest BCUT2D eigenvalue weighted by molar-refractivity contribution is 5.80. The van der Waals surface area contributed by atoms with Gasteiger partial charge in [0.1, 0.15) is 36.6 Å². The first kappa shape index (κ1) is 56.9. The third-order valence-electron chi connectivity index (χ3n) is 12.3. The molecule has 11 heteroatoms. The van der Waals surface area contributed by atoms with Gasteiger partial charge in [-0.15, -0.1) is 0 Å². The van der Waals surface area contributed by atoms with E-state index in [4.69, 9.17) is 9.47 Å². The van der Waals surface area contributed by atoms with Crippen molar-refractivity contribution in [3.8, 4) is 0 Å². The number of aliphatic hydroxyl groups is 7. The van der Waals surface area contributed by atoms with Crippen LogP contribution in [0, 0.1) is 0 Å². The van der Waals surface area contributed by atoms with Crippen LogP contribution in [0.1, 0.15) is 226 Å². The van der Waals surface area contributed by atoms with E-state index in [1.54, 1.807) is 0 Å². The maximum atomic E-state index is 12.9. The molecule has 9 unspecified atom stereocenters. The Kier molecular flexibility index (Phi) is 37.4. The van der Waals surface area contributed by atoms with E-state index >= 15 is 0 Å². The first-order chi connectivity index (χ1) is 29.2. The van der Waals surface area contributed by atoms with Crippen LogP contribution in [0.25, 0.3) is 0 Å². The molecule has 0 aliphatic carbocycles. The number of rotatable bonds is 42. The second-order valence-electron chi connectivity index (χ2n) is 17.9. The third kappa shape index (κ3) is 28.5. The fourth-order valence-electron chi connectivity index (χ4n) is 8.14. The lowest BCUT2D eigenvalue weighted by atomic mass is 9.98. The standard InChI is InChI=1S/C49H95NO10/c1-3-5-7-8-9-10-11-12-13-14-15-16-17-18-19-20-21-22-23-24-25-26-27-28-29-30-31-32-33-35-37-42(53)48(58)50-40(44(54)41(52)36-34-6-4-2)39-59-49-47(57)46(56)45(55)43(38-51)60-49/h18-19,40-47,49,51-57H,3-17,20-39H2,1-2H3,(H,50,58)/b19-18-. The fourth-order valence-corrected chi connectivity index (χ4v) is 8.14. The van der Waals surface area contributed by atoms with Crippen molar-refractivity contribution in [2.75, 3.05) is 13.2 Å². The Hall–Kier alpha value is -1.15. The van der Waals surface area contributed by atoms with E-state index in [0.717, 1.165) is 32.1 Å². The van der Waals surface area contributed by atoms with E-state index in [9.17, 15) is 40.5 Å². The van der Waals surface area contributed by atoms with Crippen molar-refractivity contribution in [3.63, 3.8) is 0 Å². The molecular formula is C49H95NO10. The lowest BCUT2D eigenvalue weighted by molar-refractivity contribution is -0.303. The summed E-state index contributed by atoms with van der Waals surface area (Å²) in [6, 6.07) is -1.16. The van der Waals surface area contributed by atoms with Gasteiger partial charge < -0.3 is 50.5 Å². The van der Waals surface area contributed by atoms with Crippen LogP contribution in [-0.4, -0.2) is 110 Å². The van der Waals surface area contributed by atoms with Gasteiger partial charge in [-0.05, 0) is 38.5 Å². The van der Waals surface area contributed by atoms with Crippen LogP contribution >= 0.6 is 0 Å². The zero-order valence-corrected chi connectivity index (χ0v) is 38.5. The number of nitrogens with one attached hydrogen (secondary N) is 1. The summed E-state index contributed by atoms with van der Waals surface area (Å²) in [5.41, 5.74) is 0. The summed E-state index contributed by atoms with van der Waals surface area (Å²) < 4.78 is 11.0. The first-order valence-electron chi connectivity index (χ1n) is 25.1. The highest BCUT2D eigenvalue weighted by atomic mass is 16.7. The molecule has 0 spiro atoms. The van der Waals surface area contributed by atoms with Crippen LogP contribution in [-0.2, 0) is 14.3 Å².